The molecule has 0 atom stereocenters. The molecular formula is C22H24F2N6OS. The molecule has 0 aliphatic carbocycles. The molecule has 0 saturated carbocycles. The number of nitrogen functional groups attached to an aromatic ring is 1. The van der Waals surface area contributed by atoms with Crippen LogP contribution in [0.1, 0.15) is 49.1 Å². The zero-order valence-electron chi connectivity index (χ0n) is 18.0. The first-order valence-corrected chi connectivity index (χ1v) is 11.1. The average molecular weight is 459 g/mol. The number of nitrogens with two attached hydrogens (primary N) is 1. The number of aromatic nitrogens is 5. The number of ether oxygens (including phenoxy) is 1. The van der Waals surface area contributed by atoms with Gasteiger partial charge in [0, 0.05) is 0 Å². The standard InChI is InChI=1S/C22H24F2N6OS/c1-13(2)15-9-8-14(3)10-18(15)31-11-19-27-28-22(30(19)25)32-12-20-26-16-6-4-5-7-17(16)29(20)21(23)24/h4-10,13,21H,11-12,25H2,1-3H3. The Hall–Kier alpha value is -3.14. The molecule has 2 aromatic heterocycles. The summed E-state index contributed by atoms with van der Waals surface area (Å²) in [6.45, 7) is 3.66. The van der Waals surface area contributed by atoms with Crippen molar-refractivity contribution in [1.82, 2.24) is 24.4 Å². The van der Waals surface area contributed by atoms with E-state index in [0.717, 1.165) is 21.4 Å². The van der Waals surface area contributed by atoms with Crippen molar-refractivity contribution in [3.05, 3.63) is 65.2 Å². The fourth-order valence-electron chi connectivity index (χ4n) is 3.43. The third kappa shape index (κ3) is 4.40. The minimum Gasteiger partial charge on any atom is -0.485 e. The van der Waals surface area contributed by atoms with Crippen LogP contribution in [0.15, 0.2) is 47.6 Å². The molecular weight excluding hydrogens is 434 g/mol. The molecule has 2 aromatic carbocycles. The Balaban J connectivity index is 1.48. The second-order valence-corrected chi connectivity index (χ2v) is 8.65. The highest BCUT2D eigenvalue weighted by molar-refractivity contribution is 7.98. The van der Waals surface area contributed by atoms with Gasteiger partial charge in [-0.2, -0.15) is 8.78 Å². The molecule has 2 heterocycles. The normalized spacial score (nSPS) is 11.7. The van der Waals surface area contributed by atoms with Crippen molar-refractivity contribution in [2.75, 3.05) is 5.84 Å². The van der Waals surface area contributed by atoms with Crippen LogP contribution in [0.3, 0.4) is 0 Å². The smallest absolute Gasteiger partial charge is 0.320 e. The van der Waals surface area contributed by atoms with Crippen molar-refractivity contribution in [1.29, 1.82) is 0 Å². The molecule has 0 aliphatic rings. The van der Waals surface area contributed by atoms with Crippen LogP contribution in [0.25, 0.3) is 11.0 Å². The van der Waals surface area contributed by atoms with Gasteiger partial charge >= 0.3 is 6.55 Å². The molecule has 168 valence electrons. The number of imidazole rings is 1. The van der Waals surface area contributed by atoms with Gasteiger partial charge < -0.3 is 10.6 Å². The number of thioether (sulfide) groups is 1. The summed E-state index contributed by atoms with van der Waals surface area (Å²) in [6, 6.07) is 12.9. The predicted octanol–water partition coefficient (Wildman–Crippen LogP) is 5.04. The largest absolute Gasteiger partial charge is 0.485 e. The van der Waals surface area contributed by atoms with Crippen LogP contribution in [0.5, 0.6) is 5.75 Å². The summed E-state index contributed by atoms with van der Waals surface area (Å²) in [5, 5.41) is 8.59. The average Bonchev–Trinajstić information content (AvgIpc) is 3.30. The number of hydrogen-bond donors (Lipinski definition) is 1. The second-order valence-electron chi connectivity index (χ2n) is 7.71. The summed E-state index contributed by atoms with van der Waals surface area (Å²) in [5.74, 6) is 8.09. The van der Waals surface area contributed by atoms with Gasteiger partial charge in [-0.3, -0.25) is 4.57 Å². The molecule has 7 nitrogen and oxygen atoms in total. The molecule has 0 unspecified atom stereocenters. The number of nitrogens with zero attached hydrogens (tertiary/aromatic N) is 5. The molecule has 4 aromatic rings. The van der Waals surface area contributed by atoms with Crippen LogP contribution >= 0.6 is 11.8 Å². The monoisotopic (exact) mass is 458 g/mol. The first-order chi connectivity index (χ1) is 15.3. The molecule has 4 rings (SSSR count). The zero-order valence-corrected chi connectivity index (χ0v) is 18.8. The van der Waals surface area contributed by atoms with E-state index in [1.54, 1.807) is 24.3 Å². The van der Waals surface area contributed by atoms with E-state index in [-0.39, 0.29) is 18.2 Å². The SMILES string of the molecule is Cc1ccc(C(C)C)c(OCc2nnc(SCc3nc4ccccc4n3C(F)F)n2N)c1. The summed E-state index contributed by atoms with van der Waals surface area (Å²) in [5.41, 5.74) is 3.10. The first kappa shape index (κ1) is 22.1. The Bertz CT molecular complexity index is 1240. The van der Waals surface area contributed by atoms with Gasteiger partial charge in [-0.15, -0.1) is 10.2 Å². The van der Waals surface area contributed by atoms with E-state index in [2.05, 4.69) is 41.2 Å². The summed E-state index contributed by atoms with van der Waals surface area (Å²) in [7, 11) is 0. The number of para-hydroxylation sites is 2. The van der Waals surface area contributed by atoms with Gasteiger partial charge in [0.15, 0.2) is 5.82 Å². The van der Waals surface area contributed by atoms with Crippen molar-refractivity contribution in [2.24, 2.45) is 0 Å². The fourth-order valence-corrected chi connectivity index (χ4v) is 4.24. The van der Waals surface area contributed by atoms with Crippen molar-refractivity contribution >= 4 is 22.8 Å². The number of fused-ring (bicyclic) bond motifs is 1. The predicted molar refractivity (Wildman–Crippen MR) is 120 cm³/mol. The number of aryl methyl sites for hydroxylation is 1. The number of halogens is 2. The molecule has 32 heavy (non-hydrogen) atoms. The van der Waals surface area contributed by atoms with Crippen LogP contribution in [-0.4, -0.2) is 24.4 Å². The van der Waals surface area contributed by atoms with Crippen molar-refractivity contribution in [3.8, 4) is 5.75 Å². The number of hydrogen-bond acceptors (Lipinski definition) is 6. The molecule has 0 saturated heterocycles. The number of rotatable bonds is 8. The lowest BCUT2D eigenvalue weighted by Gasteiger charge is -2.14. The van der Waals surface area contributed by atoms with Crippen LogP contribution in [0, 0.1) is 6.92 Å². The van der Waals surface area contributed by atoms with Crippen LogP contribution in [0.2, 0.25) is 0 Å². The minimum atomic E-state index is -2.69. The van der Waals surface area contributed by atoms with E-state index < -0.39 is 6.55 Å². The van der Waals surface area contributed by atoms with Gasteiger partial charge in [-0.25, -0.2) is 9.66 Å². The van der Waals surface area contributed by atoms with Crippen LogP contribution in [0.4, 0.5) is 8.78 Å². The van der Waals surface area contributed by atoms with Gasteiger partial charge in [-0.05, 0) is 42.2 Å². The number of benzene rings is 2. The lowest BCUT2D eigenvalue weighted by molar-refractivity contribution is 0.0722. The molecule has 0 fully saturated rings. The molecule has 0 amide bonds. The maximum Gasteiger partial charge on any atom is 0.320 e. The highest BCUT2D eigenvalue weighted by atomic mass is 32.2. The summed E-state index contributed by atoms with van der Waals surface area (Å²) in [4.78, 5) is 4.34. The number of alkyl halides is 2. The van der Waals surface area contributed by atoms with Crippen molar-refractivity contribution < 1.29 is 13.5 Å². The van der Waals surface area contributed by atoms with Gasteiger partial charge in [0.25, 0.3) is 0 Å². The van der Waals surface area contributed by atoms with E-state index in [4.69, 9.17) is 10.6 Å². The Kier molecular flexibility index (Phi) is 6.31. The maximum atomic E-state index is 13.6. The van der Waals surface area contributed by atoms with Crippen molar-refractivity contribution in [2.45, 2.75) is 50.8 Å². The van der Waals surface area contributed by atoms with Crippen molar-refractivity contribution in [3.63, 3.8) is 0 Å². The quantitative estimate of drug-likeness (QED) is 0.294. The summed E-state index contributed by atoms with van der Waals surface area (Å²) in [6.07, 6.45) is 0. The molecule has 0 aliphatic heterocycles. The Morgan fingerprint density at radius 1 is 1.09 bits per heavy atom. The van der Waals surface area contributed by atoms with Gasteiger partial charge in [0.1, 0.15) is 18.2 Å². The van der Waals surface area contributed by atoms with Gasteiger partial charge in [0.05, 0.1) is 16.8 Å². The Morgan fingerprint density at radius 2 is 1.88 bits per heavy atom. The highest BCUT2D eigenvalue weighted by Crippen LogP contribution is 2.29. The molecule has 0 bridgehead atoms. The molecule has 0 spiro atoms. The molecule has 2 N–H and O–H groups in total. The third-order valence-corrected chi connectivity index (χ3v) is 6.02. The minimum absolute atomic E-state index is 0.142. The highest BCUT2D eigenvalue weighted by Gasteiger charge is 2.19. The van der Waals surface area contributed by atoms with Gasteiger partial charge in [0.2, 0.25) is 5.16 Å². The lowest BCUT2D eigenvalue weighted by atomic mass is 10.0. The maximum absolute atomic E-state index is 13.6. The lowest BCUT2D eigenvalue weighted by Crippen LogP contribution is -2.16. The van der Waals surface area contributed by atoms with E-state index in [1.807, 2.05) is 13.0 Å². The Labute approximate surface area is 188 Å². The van der Waals surface area contributed by atoms with Crippen LogP contribution < -0.4 is 10.6 Å². The van der Waals surface area contributed by atoms with E-state index >= 15 is 0 Å². The zero-order chi connectivity index (χ0) is 22.8. The first-order valence-electron chi connectivity index (χ1n) is 10.1. The summed E-state index contributed by atoms with van der Waals surface area (Å²) >= 11 is 1.19. The second kappa shape index (κ2) is 9.15. The Morgan fingerprint density at radius 3 is 2.62 bits per heavy atom. The fraction of sp³-hybridized carbons (Fsp3) is 0.318. The molecule has 0 radical (unpaired) electrons. The topological polar surface area (TPSA) is 83.8 Å². The summed E-state index contributed by atoms with van der Waals surface area (Å²) < 4.78 is 35.5. The van der Waals surface area contributed by atoms with Crippen LogP contribution in [-0.2, 0) is 12.4 Å². The van der Waals surface area contributed by atoms with E-state index in [9.17, 15) is 8.78 Å². The van der Waals surface area contributed by atoms with Gasteiger partial charge in [-0.1, -0.05) is 49.9 Å². The van der Waals surface area contributed by atoms with E-state index in [1.165, 1.54) is 16.4 Å². The third-order valence-electron chi connectivity index (χ3n) is 5.08. The van der Waals surface area contributed by atoms with E-state index in [0.29, 0.717) is 27.9 Å². The molecule has 10 heteroatoms.